The average Bonchev–Trinajstić information content (AvgIpc) is 3.56. The molecule has 0 unspecified atom stereocenters. The van der Waals surface area contributed by atoms with Crippen LogP contribution in [0.3, 0.4) is 0 Å². The largest absolute Gasteiger partial charge is 0.465 e. The van der Waals surface area contributed by atoms with E-state index in [-0.39, 0.29) is 38.4 Å². The van der Waals surface area contributed by atoms with Gasteiger partial charge in [-0.2, -0.15) is 13.5 Å². The van der Waals surface area contributed by atoms with Crippen LogP contribution in [0.5, 0.6) is 0 Å². The lowest BCUT2D eigenvalue weighted by atomic mass is 10.1. The summed E-state index contributed by atoms with van der Waals surface area (Å²) in [6.45, 7) is 3.10. The number of ether oxygens (including phenoxy) is 1. The number of carbonyl (C=O) groups excluding carboxylic acids is 2. The molecule has 1 aromatic heterocycles. The van der Waals surface area contributed by atoms with Gasteiger partial charge in [0.15, 0.2) is 5.58 Å². The molecule has 1 aliphatic rings. The lowest BCUT2D eigenvalue weighted by Gasteiger charge is -2.25. The molecule has 1 saturated heterocycles. The van der Waals surface area contributed by atoms with E-state index in [0.29, 0.717) is 16.7 Å². The Kier molecular flexibility index (Phi) is 9.27. The van der Waals surface area contributed by atoms with Crippen molar-refractivity contribution in [2.24, 2.45) is 0 Å². The molecule has 0 bridgehead atoms. The maximum atomic E-state index is 13.2. The maximum absolute atomic E-state index is 13.2. The van der Waals surface area contributed by atoms with E-state index < -0.39 is 11.7 Å². The Bertz CT molecular complexity index is 1490. The van der Waals surface area contributed by atoms with E-state index in [9.17, 15) is 14.4 Å². The second-order valence-corrected chi connectivity index (χ2v) is 9.66. The predicted octanol–water partition coefficient (Wildman–Crippen LogP) is 4.04. The minimum atomic E-state index is -0.500. The standard InChI is InChI=1S/C30H31N3O5.H2S/c1-37-29(35)24-11-7-8-22(16-24)19-33-26-17-21(12-13-27(26)38-30(33)36)18-28(34)31-25(20-32-14-5-6-15-32)23-9-3-2-4-10-23;/h2-4,7-13,16-17,25H,5-6,14-15,18-20H2,1H3,(H,31,34);1H2/t25-;/m1./s1. The van der Waals surface area contributed by atoms with Gasteiger partial charge in [-0.1, -0.05) is 48.5 Å². The number of fused-ring (bicyclic) bond motifs is 1. The highest BCUT2D eigenvalue weighted by molar-refractivity contribution is 7.59. The van der Waals surface area contributed by atoms with E-state index in [2.05, 4.69) is 10.2 Å². The molecule has 8 nitrogen and oxygen atoms in total. The lowest BCUT2D eigenvalue weighted by Crippen LogP contribution is -2.37. The molecule has 4 aromatic rings. The topological polar surface area (TPSA) is 93.8 Å². The van der Waals surface area contributed by atoms with Crippen molar-refractivity contribution < 1.29 is 18.7 Å². The van der Waals surface area contributed by atoms with E-state index in [4.69, 9.17) is 9.15 Å². The van der Waals surface area contributed by atoms with Crippen molar-refractivity contribution in [1.82, 2.24) is 14.8 Å². The number of hydrogen-bond donors (Lipinski definition) is 1. The van der Waals surface area contributed by atoms with E-state index >= 15 is 0 Å². The molecule has 0 radical (unpaired) electrons. The molecule has 0 aliphatic carbocycles. The number of carbonyl (C=O) groups is 2. The maximum Gasteiger partial charge on any atom is 0.420 e. The summed E-state index contributed by atoms with van der Waals surface area (Å²) in [4.78, 5) is 40.1. The Morgan fingerprint density at radius 1 is 0.974 bits per heavy atom. The number of aromatic nitrogens is 1. The Morgan fingerprint density at radius 3 is 2.49 bits per heavy atom. The first-order valence-electron chi connectivity index (χ1n) is 12.9. The summed E-state index contributed by atoms with van der Waals surface area (Å²) < 4.78 is 11.7. The van der Waals surface area contributed by atoms with Crippen LogP contribution >= 0.6 is 13.5 Å². The van der Waals surface area contributed by atoms with Gasteiger partial charge in [-0.3, -0.25) is 9.36 Å². The number of esters is 1. The Hall–Kier alpha value is -3.82. The zero-order valence-corrected chi connectivity index (χ0v) is 22.9. The van der Waals surface area contributed by atoms with Crippen molar-refractivity contribution in [2.45, 2.75) is 31.8 Å². The molecule has 9 heteroatoms. The fourth-order valence-electron chi connectivity index (χ4n) is 5.04. The van der Waals surface area contributed by atoms with Gasteiger partial charge in [0.05, 0.1) is 37.2 Å². The summed E-state index contributed by atoms with van der Waals surface area (Å²) in [6.07, 6.45) is 2.56. The van der Waals surface area contributed by atoms with Gasteiger partial charge < -0.3 is 19.4 Å². The summed E-state index contributed by atoms with van der Waals surface area (Å²) in [6, 6.07) is 22.2. The highest BCUT2D eigenvalue weighted by Gasteiger charge is 2.21. The second-order valence-electron chi connectivity index (χ2n) is 9.66. The summed E-state index contributed by atoms with van der Waals surface area (Å²) in [5, 5.41) is 3.22. The van der Waals surface area contributed by atoms with Gasteiger partial charge in [0.1, 0.15) is 0 Å². The SMILES string of the molecule is COC(=O)c1cccc(Cn2c(=O)oc3ccc(CC(=O)N[C@H](CN4CCCC4)c4ccccc4)cc32)c1.S. The smallest absolute Gasteiger partial charge is 0.420 e. The van der Waals surface area contributed by atoms with Crippen LogP contribution in [0.15, 0.2) is 82.0 Å². The number of oxazole rings is 1. The van der Waals surface area contributed by atoms with Crippen LogP contribution < -0.4 is 11.1 Å². The molecule has 1 aliphatic heterocycles. The molecule has 1 fully saturated rings. The van der Waals surface area contributed by atoms with Crippen molar-refractivity contribution in [2.75, 3.05) is 26.7 Å². The number of nitrogens with zero attached hydrogens (tertiary/aromatic N) is 2. The molecule has 5 rings (SSSR count). The highest BCUT2D eigenvalue weighted by Crippen LogP contribution is 2.20. The third-order valence-corrected chi connectivity index (χ3v) is 6.96. The van der Waals surface area contributed by atoms with Gasteiger partial charge in [0.25, 0.3) is 0 Å². The molecule has 3 aromatic carbocycles. The van der Waals surface area contributed by atoms with Crippen LogP contribution in [0, 0.1) is 0 Å². The fourth-order valence-corrected chi connectivity index (χ4v) is 5.04. The molecular weight excluding hydrogens is 514 g/mol. The van der Waals surface area contributed by atoms with Gasteiger partial charge in [0.2, 0.25) is 5.91 Å². The molecular formula is C30H33N3O5S. The first-order valence-corrected chi connectivity index (χ1v) is 12.9. The molecule has 1 atom stereocenters. The number of likely N-dealkylation sites (tertiary alicyclic amines) is 1. The van der Waals surface area contributed by atoms with Gasteiger partial charge in [-0.05, 0) is 66.9 Å². The summed E-state index contributed by atoms with van der Waals surface area (Å²) >= 11 is 0. The molecule has 204 valence electrons. The fraction of sp³-hybridized carbons (Fsp3) is 0.300. The first-order chi connectivity index (χ1) is 18.5. The van der Waals surface area contributed by atoms with Crippen LogP contribution in [0.2, 0.25) is 0 Å². The predicted molar refractivity (Wildman–Crippen MR) is 154 cm³/mol. The van der Waals surface area contributed by atoms with Gasteiger partial charge in [-0.25, -0.2) is 9.59 Å². The molecule has 0 spiro atoms. The zero-order valence-electron chi connectivity index (χ0n) is 21.9. The summed E-state index contributed by atoms with van der Waals surface area (Å²) in [5.74, 6) is -1.02. The van der Waals surface area contributed by atoms with E-state index in [1.165, 1.54) is 24.5 Å². The van der Waals surface area contributed by atoms with Crippen molar-refractivity contribution >= 4 is 36.5 Å². The van der Waals surface area contributed by atoms with E-state index in [1.54, 1.807) is 24.3 Å². The minimum absolute atomic E-state index is 0. The number of hydrogen-bond acceptors (Lipinski definition) is 6. The van der Waals surface area contributed by atoms with Crippen molar-refractivity contribution in [1.29, 1.82) is 0 Å². The van der Waals surface area contributed by atoms with Crippen LogP contribution in [0.1, 0.15) is 45.9 Å². The third kappa shape index (κ3) is 6.79. The highest BCUT2D eigenvalue weighted by atomic mass is 32.1. The molecule has 39 heavy (non-hydrogen) atoms. The van der Waals surface area contributed by atoms with Gasteiger partial charge in [0, 0.05) is 6.54 Å². The Balaban J connectivity index is 0.00000353. The number of benzene rings is 3. The van der Waals surface area contributed by atoms with Crippen LogP contribution in [-0.2, 0) is 22.5 Å². The zero-order chi connectivity index (χ0) is 26.5. The summed E-state index contributed by atoms with van der Waals surface area (Å²) in [5.41, 5.74) is 4.07. The number of nitrogens with one attached hydrogen (secondary N) is 1. The summed E-state index contributed by atoms with van der Waals surface area (Å²) in [7, 11) is 1.33. The van der Waals surface area contributed by atoms with Crippen LogP contribution in [-0.4, -0.2) is 48.1 Å². The Labute approximate surface area is 234 Å². The quantitative estimate of drug-likeness (QED) is 0.318. The van der Waals surface area contributed by atoms with Crippen molar-refractivity contribution in [3.63, 3.8) is 0 Å². The number of rotatable bonds is 9. The van der Waals surface area contributed by atoms with E-state index in [1.807, 2.05) is 48.5 Å². The van der Waals surface area contributed by atoms with Crippen molar-refractivity contribution in [3.05, 3.63) is 106 Å². The monoisotopic (exact) mass is 547 g/mol. The van der Waals surface area contributed by atoms with Crippen molar-refractivity contribution in [3.8, 4) is 0 Å². The molecule has 2 heterocycles. The first kappa shape index (κ1) is 28.2. The van der Waals surface area contributed by atoms with Gasteiger partial charge >= 0.3 is 11.7 Å². The normalized spacial score (nSPS) is 14.1. The Morgan fingerprint density at radius 2 is 1.74 bits per heavy atom. The number of amides is 1. The lowest BCUT2D eigenvalue weighted by molar-refractivity contribution is -0.121. The van der Waals surface area contributed by atoms with Crippen LogP contribution in [0.25, 0.3) is 11.1 Å². The molecule has 0 saturated carbocycles. The molecule has 1 amide bonds. The number of methoxy groups -OCH3 is 1. The molecule has 1 N–H and O–H groups in total. The minimum Gasteiger partial charge on any atom is -0.465 e. The third-order valence-electron chi connectivity index (χ3n) is 6.96. The van der Waals surface area contributed by atoms with E-state index in [0.717, 1.165) is 36.3 Å². The van der Waals surface area contributed by atoms with Gasteiger partial charge in [-0.15, -0.1) is 0 Å². The van der Waals surface area contributed by atoms with Crippen LogP contribution in [0.4, 0.5) is 0 Å². The average molecular weight is 548 g/mol. The second kappa shape index (κ2) is 12.8.